The number of rotatable bonds is 11. The molecule has 2 heteroatoms. The molecular weight excluding hydrogens is 313 g/mol. The van der Waals surface area contributed by atoms with Gasteiger partial charge in [-0.25, -0.2) is 0 Å². The van der Waals surface area contributed by atoms with Gasteiger partial charge in [0.2, 0.25) is 0 Å². The molecule has 0 radical (unpaired) electrons. The minimum atomic E-state index is -1.91. The summed E-state index contributed by atoms with van der Waals surface area (Å²) in [6.45, 7) is 6.92. The molecule has 0 aromatic carbocycles. The maximum absolute atomic E-state index is 8.89. The zero-order chi connectivity index (χ0) is 13.0. The maximum atomic E-state index is 8.89. The van der Waals surface area contributed by atoms with Crippen molar-refractivity contribution in [3.05, 3.63) is 0 Å². The number of nitrogens with zero attached hydrogens (tertiary/aromatic N) is 1. The fourth-order valence-electron chi connectivity index (χ4n) is 2.73. The summed E-state index contributed by atoms with van der Waals surface area (Å²) in [4.78, 5) is 0. The molecule has 0 aromatic rings. The van der Waals surface area contributed by atoms with Gasteiger partial charge in [0.1, 0.15) is 0 Å². The van der Waals surface area contributed by atoms with Crippen molar-refractivity contribution in [2.24, 2.45) is 0 Å². The molecule has 0 aliphatic carbocycles. The van der Waals surface area contributed by atoms with Gasteiger partial charge in [-0.1, -0.05) is 0 Å². The fourth-order valence-corrected chi connectivity index (χ4v) is 18.3. The molecule has 0 atom stereocenters. The molecule has 1 nitrogen and oxygen atoms in total. The van der Waals surface area contributed by atoms with E-state index in [9.17, 15) is 0 Å². The summed E-state index contributed by atoms with van der Waals surface area (Å²) in [5.41, 5.74) is 0. The Morgan fingerprint density at radius 1 is 0.765 bits per heavy atom. The van der Waals surface area contributed by atoms with Crippen LogP contribution < -0.4 is 0 Å². The quantitative estimate of drug-likeness (QED) is 0.438. The van der Waals surface area contributed by atoms with E-state index in [0.29, 0.717) is 0 Å². The molecule has 0 saturated heterocycles. The molecule has 0 saturated carbocycles. The van der Waals surface area contributed by atoms with Crippen LogP contribution in [0.5, 0.6) is 0 Å². The predicted molar refractivity (Wildman–Crippen MR) is 79.9 cm³/mol. The van der Waals surface area contributed by atoms with Gasteiger partial charge < -0.3 is 0 Å². The Kier molecular flexibility index (Phi) is 11.6. The first-order valence-electron chi connectivity index (χ1n) is 7.61. The van der Waals surface area contributed by atoms with Crippen LogP contribution in [0.4, 0.5) is 0 Å². The van der Waals surface area contributed by atoms with E-state index in [1.54, 1.807) is 13.3 Å². The van der Waals surface area contributed by atoms with Gasteiger partial charge in [-0.2, -0.15) is 0 Å². The zero-order valence-corrected chi connectivity index (χ0v) is 15.1. The molecule has 0 amide bonds. The van der Waals surface area contributed by atoms with Crippen LogP contribution in [0, 0.1) is 11.3 Å². The van der Waals surface area contributed by atoms with Gasteiger partial charge in [-0.3, -0.25) is 0 Å². The second-order valence-electron chi connectivity index (χ2n) is 5.47. The molecule has 17 heavy (non-hydrogen) atoms. The van der Waals surface area contributed by atoms with Gasteiger partial charge in [-0.15, -0.1) is 0 Å². The monoisotopic (exact) mass is 345 g/mol. The van der Waals surface area contributed by atoms with Gasteiger partial charge in [0.25, 0.3) is 0 Å². The molecule has 0 rings (SSSR count). The van der Waals surface area contributed by atoms with Crippen LogP contribution in [0.1, 0.15) is 65.7 Å². The van der Waals surface area contributed by atoms with Crippen molar-refractivity contribution < 1.29 is 0 Å². The van der Waals surface area contributed by atoms with E-state index in [1.165, 1.54) is 43.0 Å². The number of hydrogen-bond acceptors (Lipinski definition) is 1. The third-order valence-electron chi connectivity index (χ3n) is 3.95. The molecular formula is C15H31NSn. The first kappa shape index (κ1) is 17.3. The van der Waals surface area contributed by atoms with Crippen molar-refractivity contribution >= 4 is 18.4 Å². The molecule has 0 N–H and O–H groups in total. The summed E-state index contributed by atoms with van der Waals surface area (Å²) in [6.07, 6.45) is 9.13. The average molecular weight is 344 g/mol. The SMILES string of the molecule is CCC[CH2][Sn]([CH2]CC#N)([CH2]CCC)[CH2]CCC. The fraction of sp³-hybridized carbons (Fsp3) is 0.933. The first-order valence-corrected chi connectivity index (χ1v) is 15.7. The van der Waals surface area contributed by atoms with E-state index in [1.807, 2.05) is 0 Å². The number of hydrogen-bond donors (Lipinski definition) is 0. The van der Waals surface area contributed by atoms with Crippen LogP contribution in [0.3, 0.4) is 0 Å². The molecule has 0 aliphatic rings. The van der Waals surface area contributed by atoms with E-state index >= 15 is 0 Å². The molecule has 0 aliphatic heterocycles. The molecule has 100 valence electrons. The molecule has 0 fully saturated rings. The molecule has 0 bridgehead atoms. The van der Waals surface area contributed by atoms with E-state index in [0.717, 1.165) is 6.42 Å². The van der Waals surface area contributed by atoms with Crippen molar-refractivity contribution in [1.82, 2.24) is 0 Å². The van der Waals surface area contributed by atoms with Gasteiger partial charge in [0.05, 0.1) is 0 Å². The molecule has 0 spiro atoms. The van der Waals surface area contributed by atoms with Crippen LogP contribution in [0.2, 0.25) is 17.7 Å². The normalized spacial score (nSPS) is 11.4. The van der Waals surface area contributed by atoms with E-state index in [-0.39, 0.29) is 0 Å². The van der Waals surface area contributed by atoms with Crippen molar-refractivity contribution in [2.45, 2.75) is 83.5 Å². The molecule has 0 unspecified atom stereocenters. The van der Waals surface area contributed by atoms with Gasteiger partial charge in [0.15, 0.2) is 0 Å². The van der Waals surface area contributed by atoms with E-state index < -0.39 is 18.4 Å². The number of nitriles is 1. The summed E-state index contributed by atoms with van der Waals surface area (Å²) in [6, 6.07) is 2.40. The Morgan fingerprint density at radius 3 is 1.47 bits per heavy atom. The number of unbranched alkanes of at least 4 members (excludes halogenated alkanes) is 3. The average Bonchev–Trinajstić information content (AvgIpc) is 2.37. The second kappa shape index (κ2) is 11.4. The van der Waals surface area contributed by atoms with Gasteiger partial charge in [-0.05, 0) is 0 Å². The zero-order valence-electron chi connectivity index (χ0n) is 12.2. The van der Waals surface area contributed by atoms with Crippen LogP contribution >= 0.6 is 0 Å². The first-order chi connectivity index (χ1) is 8.24. The van der Waals surface area contributed by atoms with Crippen molar-refractivity contribution in [1.29, 1.82) is 5.26 Å². The molecule has 0 heterocycles. The Hall–Kier alpha value is 0.289. The Morgan fingerprint density at radius 2 is 1.18 bits per heavy atom. The van der Waals surface area contributed by atoms with Gasteiger partial charge >= 0.3 is 113 Å². The van der Waals surface area contributed by atoms with Crippen molar-refractivity contribution in [2.75, 3.05) is 0 Å². The Labute approximate surface area is 113 Å². The Balaban J connectivity index is 4.46. The standard InChI is InChI=1S/3C4H9.C3H4N.Sn/c3*1-3-4-2;1-2-3-4;/h3*1,3-4H2,2H3;1-2H2;. The van der Waals surface area contributed by atoms with Crippen LogP contribution in [0.25, 0.3) is 0 Å². The Bertz CT molecular complexity index is 186. The van der Waals surface area contributed by atoms with Crippen LogP contribution in [-0.4, -0.2) is 18.4 Å². The summed E-state index contributed by atoms with van der Waals surface area (Å²) in [7, 11) is 0. The third-order valence-corrected chi connectivity index (χ3v) is 19.8. The minimum absolute atomic E-state index is 0.840. The van der Waals surface area contributed by atoms with Crippen molar-refractivity contribution in [3.8, 4) is 6.07 Å². The summed E-state index contributed by atoms with van der Waals surface area (Å²) in [5.74, 6) is 0. The van der Waals surface area contributed by atoms with Gasteiger partial charge in [0, 0.05) is 0 Å². The van der Waals surface area contributed by atoms with Crippen LogP contribution in [0.15, 0.2) is 0 Å². The third kappa shape index (κ3) is 8.08. The predicted octanol–water partition coefficient (Wildman–Crippen LogP) is 5.75. The topological polar surface area (TPSA) is 23.8 Å². The summed E-state index contributed by atoms with van der Waals surface area (Å²) in [5, 5.41) is 8.89. The molecule has 0 aromatic heterocycles. The van der Waals surface area contributed by atoms with E-state index in [2.05, 4.69) is 26.8 Å². The van der Waals surface area contributed by atoms with E-state index in [4.69, 9.17) is 5.26 Å². The van der Waals surface area contributed by atoms with Crippen molar-refractivity contribution in [3.63, 3.8) is 0 Å². The second-order valence-corrected chi connectivity index (χ2v) is 19.7. The summed E-state index contributed by atoms with van der Waals surface area (Å²) >= 11 is -1.91. The van der Waals surface area contributed by atoms with Crippen LogP contribution in [-0.2, 0) is 0 Å². The summed E-state index contributed by atoms with van der Waals surface area (Å²) < 4.78 is 5.98.